The molecule has 0 aliphatic rings. The second-order valence-corrected chi connectivity index (χ2v) is 6.79. The molecule has 0 amide bonds. The van der Waals surface area contributed by atoms with E-state index in [2.05, 4.69) is 17.1 Å². The van der Waals surface area contributed by atoms with Crippen LogP contribution in [0.5, 0.6) is 5.75 Å². The molecule has 1 aromatic heterocycles. The number of thioether (sulfide) groups is 1. The van der Waals surface area contributed by atoms with Gasteiger partial charge >= 0.3 is 0 Å². The van der Waals surface area contributed by atoms with E-state index in [4.69, 9.17) is 9.15 Å². The Kier molecular flexibility index (Phi) is 6.24. The smallest absolute Gasteiger partial charge is 0.277 e. The van der Waals surface area contributed by atoms with Crippen LogP contribution in [0.1, 0.15) is 41.8 Å². The van der Waals surface area contributed by atoms with Crippen LogP contribution in [-0.2, 0) is 6.42 Å². The van der Waals surface area contributed by atoms with Gasteiger partial charge in [0.25, 0.3) is 11.1 Å². The Labute approximate surface area is 161 Å². The number of nitrogens with zero attached hydrogens (tertiary/aromatic N) is 2. The van der Waals surface area contributed by atoms with Crippen LogP contribution >= 0.6 is 11.8 Å². The Morgan fingerprint density at radius 1 is 1.19 bits per heavy atom. The number of aryl methyl sites for hydroxylation is 1. The molecule has 2 aromatic carbocycles. The Bertz CT molecular complexity index is 912. The minimum absolute atomic E-state index is 0.0157. The van der Waals surface area contributed by atoms with E-state index in [0.29, 0.717) is 5.56 Å². The Hall–Kier alpha value is -2.67. The number of Topliss-reactive ketones (excluding diaryl/α,β-unsaturated/α-hetero) is 1. The zero-order valence-corrected chi connectivity index (χ0v) is 15.8. The maximum Gasteiger partial charge on any atom is 0.277 e. The molecular weight excluding hydrogens is 367 g/mol. The van der Waals surface area contributed by atoms with Crippen LogP contribution < -0.4 is 4.74 Å². The van der Waals surface area contributed by atoms with E-state index < -0.39 is 11.9 Å². The summed E-state index contributed by atoms with van der Waals surface area (Å²) in [5, 5.41) is 8.10. The molecular formula is C20H19FN2O3S. The van der Waals surface area contributed by atoms with Gasteiger partial charge < -0.3 is 9.15 Å². The van der Waals surface area contributed by atoms with Crippen molar-refractivity contribution in [3.8, 4) is 5.75 Å². The van der Waals surface area contributed by atoms with Gasteiger partial charge in [0.2, 0.25) is 0 Å². The lowest BCUT2D eigenvalue weighted by molar-refractivity contribution is 0.102. The fourth-order valence-electron chi connectivity index (χ4n) is 2.36. The van der Waals surface area contributed by atoms with Gasteiger partial charge in [0.05, 0.1) is 5.75 Å². The van der Waals surface area contributed by atoms with Crippen molar-refractivity contribution in [3.63, 3.8) is 0 Å². The second kappa shape index (κ2) is 8.81. The summed E-state index contributed by atoms with van der Waals surface area (Å²) < 4.78 is 24.7. The maximum absolute atomic E-state index is 13.7. The minimum atomic E-state index is -0.610. The van der Waals surface area contributed by atoms with Gasteiger partial charge in [-0.15, -0.1) is 10.2 Å². The first kappa shape index (κ1) is 19.1. The number of carbonyl (C=O) groups excluding carboxylic acids is 1. The highest BCUT2D eigenvalue weighted by atomic mass is 32.2. The minimum Gasteiger partial charge on any atom is -0.478 e. The second-order valence-electron chi connectivity index (χ2n) is 5.86. The van der Waals surface area contributed by atoms with Crippen LogP contribution in [0.25, 0.3) is 0 Å². The van der Waals surface area contributed by atoms with Crippen LogP contribution in [0.2, 0.25) is 0 Å². The summed E-state index contributed by atoms with van der Waals surface area (Å²) in [5.74, 6) is 0.0511. The standard InChI is InChI=1S/C20H19FN2O3S/c1-3-14-8-10-15(11-9-14)17(24)12-27-20-23-22-19(26-20)13(2)25-18-7-5-4-6-16(18)21/h4-11,13H,3,12H2,1-2H3/t13-/m1/s1. The predicted octanol–water partition coefficient (Wildman–Crippen LogP) is 4.89. The molecule has 0 unspecified atom stereocenters. The average molecular weight is 386 g/mol. The van der Waals surface area contributed by atoms with Gasteiger partial charge in [0.15, 0.2) is 23.5 Å². The SMILES string of the molecule is CCc1ccc(C(=O)CSc2nnc([C@@H](C)Oc3ccccc3F)o2)cc1. The molecule has 3 rings (SSSR count). The van der Waals surface area contributed by atoms with Crippen molar-refractivity contribution in [1.82, 2.24) is 10.2 Å². The first-order valence-electron chi connectivity index (χ1n) is 8.56. The fraction of sp³-hybridized carbons (Fsp3) is 0.250. The maximum atomic E-state index is 13.7. The van der Waals surface area contributed by atoms with Gasteiger partial charge in [0.1, 0.15) is 0 Å². The molecule has 0 saturated heterocycles. The summed E-state index contributed by atoms with van der Waals surface area (Å²) in [6, 6.07) is 13.7. The number of rotatable bonds is 8. The topological polar surface area (TPSA) is 65.2 Å². The largest absolute Gasteiger partial charge is 0.478 e. The Morgan fingerprint density at radius 3 is 2.63 bits per heavy atom. The molecule has 1 atom stereocenters. The quantitative estimate of drug-likeness (QED) is 0.406. The number of halogens is 1. The molecule has 0 aliphatic carbocycles. The monoisotopic (exact) mass is 386 g/mol. The summed E-state index contributed by atoms with van der Waals surface area (Å²) in [6.45, 7) is 3.76. The molecule has 140 valence electrons. The normalized spacial score (nSPS) is 12.0. The molecule has 7 heteroatoms. The predicted molar refractivity (Wildman–Crippen MR) is 101 cm³/mol. The molecule has 0 saturated carbocycles. The third-order valence-corrected chi connectivity index (χ3v) is 4.74. The fourth-order valence-corrected chi connectivity index (χ4v) is 3.03. The van der Waals surface area contributed by atoms with Crippen LogP contribution in [-0.4, -0.2) is 21.7 Å². The lowest BCUT2D eigenvalue weighted by Crippen LogP contribution is -2.04. The summed E-state index contributed by atoms with van der Waals surface area (Å²) in [5.41, 5.74) is 1.83. The van der Waals surface area contributed by atoms with Crippen molar-refractivity contribution < 1.29 is 18.3 Å². The van der Waals surface area contributed by atoms with Gasteiger partial charge in [-0.3, -0.25) is 4.79 Å². The molecule has 0 aliphatic heterocycles. The number of para-hydroxylation sites is 1. The number of ether oxygens (including phenoxy) is 1. The lowest BCUT2D eigenvalue weighted by Gasteiger charge is -2.11. The van der Waals surface area contributed by atoms with Crippen molar-refractivity contribution in [2.45, 2.75) is 31.6 Å². The highest BCUT2D eigenvalue weighted by molar-refractivity contribution is 7.99. The Morgan fingerprint density at radius 2 is 1.93 bits per heavy atom. The molecule has 0 radical (unpaired) electrons. The van der Waals surface area contributed by atoms with Crippen molar-refractivity contribution in [1.29, 1.82) is 0 Å². The molecule has 1 heterocycles. The number of carbonyl (C=O) groups is 1. The van der Waals surface area contributed by atoms with Crippen molar-refractivity contribution in [2.75, 3.05) is 5.75 Å². The van der Waals surface area contributed by atoms with E-state index >= 15 is 0 Å². The summed E-state index contributed by atoms with van der Waals surface area (Å²) in [4.78, 5) is 12.3. The van der Waals surface area contributed by atoms with E-state index in [1.165, 1.54) is 17.7 Å². The van der Waals surface area contributed by atoms with Gasteiger partial charge in [0, 0.05) is 5.56 Å². The van der Waals surface area contributed by atoms with Gasteiger partial charge in [-0.1, -0.05) is 55.1 Å². The van der Waals surface area contributed by atoms with E-state index in [1.54, 1.807) is 19.1 Å². The van der Waals surface area contributed by atoms with E-state index in [9.17, 15) is 9.18 Å². The lowest BCUT2D eigenvalue weighted by atomic mass is 10.1. The van der Waals surface area contributed by atoms with Crippen molar-refractivity contribution >= 4 is 17.5 Å². The first-order valence-corrected chi connectivity index (χ1v) is 9.55. The number of benzene rings is 2. The Balaban J connectivity index is 1.57. The molecule has 27 heavy (non-hydrogen) atoms. The third kappa shape index (κ3) is 4.95. The third-order valence-electron chi connectivity index (χ3n) is 3.92. The molecule has 0 N–H and O–H groups in total. The van der Waals surface area contributed by atoms with Crippen LogP contribution in [0.4, 0.5) is 4.39 Å². The van der Waals surface area contributed by atoms with Gasteiger partial charge in [-0.25, -0.2) is 4.39 Å². The highest BCUT2D eigenvalue weighted by Gasteiger charge is 2.18. The van der Waals surface area contributed by atoms with Crippen molar-refractivity contribution in [2.24, 2.45) is 0 Å². The van der Waals surface area contributed by atoms with Crippen LogP contribution in [0.3, 0.4) is 0 Å². The molecule has 3 aromatic rings. The van der Waals surface area contributed by atoms with E-state index in [1.807, 2.05) is 24.3 Å². The molecule has 0 spiro atoms. The van der Waals surface area contributed by atoms with Gasteiger partial charge in [-0.05, 0) is 31.0 Å². The number of hydrogen-bond acceptors (Lipinski definition) is 6. The first-order chi connectivity index (χ1) is 13.1. The molecule has 5 nitrogen and oxygen atoms in total. The van der Waals surface area contributed by atoms with Crippen molar-refractivity contribution in [3.05, 3.63) is 71.4 Å². The van der Waals surface area contributed by atoms with Crippen LogP contribution in [0, 0.1) is 5.82 Å². The molecule has 0 fully saturated rings. The summed E-state index contributed by atoms with van der Waals surface area (Å²) >= 11 is 1.16. The number of ketones is 1. The molecule has 0 bridgehead atoms. The number of hydrogen-bond donors (Lipinski definition) is 0. The average Bonchev–Trinajstić information content (AvgIpc) is 3.17. The number of aromatic nitrogens is 2. The summed E-state index contributed by atoms with van der Waals surface area (Å²) in [7, 11) is 0. The van der Waals surface area contributed by atoms with E-state index in [-0.39, 0.29) is 28.4 Å². The van der Waals surface area contributed by atoms with Gasteiger partial charge in [-0.2, -0.15) is 0 Å². The zero-order valence-electron chi connectivity index (χ0n) is 15.0. The highest BCUT2D eigenvalue weighted by Crippen LogP contribution is 2.26. The zero-order chi connectivity index (χ0) is 19.2. The van der Waals surface area contributed by atoms with E-state index in [0.717, 1.165) is 18.2 Å². The summed E-state index contributed by atoms with van der Waals surface area (Å²) in [6.07, 6.45) is 0.322. The van der Waals surface area contributed by atoms with Crippen LogP contribution in [0.15, 0.2) is 58.2 Å².